The maximum absolute atomic E-state index is 13.8. The number of esters is 1. The summed E-state index contributed by atoms with van der Waals surface area (Å²) < 4.78 is 49.5. The number of benzene rings is 1. The van der Waals surface area contributed by atoms with Gasteiger partial charge in [0, 0.05) is 45.6 Å². The van der Waals surface area contributed by atoms with Crippen LogP contribution in [0.5, 0.6) is 5.75 Å². The highest BCUT2D eigenvalue weighted by Gasteiger charge is 2.52. The molecule has 2 amide bonds. The molecule has 1 aliphatic rings. The Labute approximate surface area is 256 Å². The number of aromatic nitrogens is 2. The number of rotatable bonds is 14. The Hall–Kier alpha value is -3.18. The molecule has 0 bridgehead atoms. The van der Waals surface area contributed by atoms with E-state index in [2.05, 4.69) is 10.4 Å². The van der Waals surface area contributed by atoms with Gasteiger partial charge in [0.2, 0.25) is 5.91 Å². The molecule has 1 N–H and O–H groups in total. The van der Waals surface area contributed by atoms with Crippen LogP contribution in [0.3, 0.4) is 0 Å². The third-order valence-corrected chi connectivity index (χ3v) is 9.70. The molecule has 2 aromatic rings. The van der Waals surface area contributed by atoms with Crippen LogP contribution < -0.4 is 10.1 Å². The van der Waals surface area contributed by atoms with Gasteiger partial charge in [-0.1, -0.05) is 12.1 Å². The minimum Gasteiger partial charge on any atom is -0.462 e. The lowest BCUT2D eigenvalue weighted by atomic mass is 10.0. The van der Waals surface area contributed by atoms with Crippen LogP contribution in [-0.2, 0) is 47.3 Å². The molecule has 1 aromatic carbocycles. The number of carbonyl (C=O) groups excluding carboxylic acids is 3. The van der Waals surface area contributed by atoms with Gasteiger partial charge in [-0.2, -0.15) is 9.40 Å². The minimum atomic E-state index is -4.11. The predicted molar refractivity (Wildman–Crippen MR) is 158 cm³/mol. The normalized spacial score (nSPS) is 17.3. The van der Waals surface area contributed by atoms with Crippen LogP contribution in [0.1, 0.15) is 19.4 Å². The average Bonchev–Trinajstić information content (AvgIpc) is 3.54. The fourth-order valence-electron chi connectivity index (χ4n) is 4.15. The highest BCUT2D eigenvalue weighted by atomic mass is 32.2. The Morgan fingerprint density at radius 2 is 1.79 bits per heavy atom. The first-order chi connectivity index (χ1) is 20.3. The quantitative estimate of drug-likeness (QED) is 0.234. The van der Waals surface area contributed by atoms with Crippen molar-refractivity contribution in [2.75, 3.05) is 53.5 Å². The van der Waals surface area contributed by atoms with Crippen molar-refractivity contribution in [2.24, 2.45) is 7.05 Å². The molecule has 0 saturated carbocycles. The summed E-state index contributed by atoms with van der Waals surface area (Å²) in [5.41, 5.74) is 0.640. The van der Waals surface area contributed by atoms with Gasteiger partial charge in [0.25, 0.3) is 10.0 Å². The van der Waals surface area contributed by atoms with Gasteiger partial charge in [-0.3, -0.25) is 9.48 Å². The molecule has 0 unspecified atom stereocenters. The molecule has 238 valence electrons. The molecule has 2 heterocycles. The number of nitrogens with zero attached hydrogens (tertiary/aromatic N) is 4. The van der Waals surface area contributed by atoms with E-state index in [-0.39, 0.29) is 30.5 Å². The number of methoxy groups -OCH3 is 1. The number of amides is 2. The van der Waals surface area contributed by atoms with Crippen molar-refractivity contribution in [3.05, 3.63) is 42.1 Å². The van der Waals surface area contributed by atoms with E-state index in [1.807, 2.05) is 0 Å². The molecule has 0 radical (unpaired) electrons. The van der Waals surface area contributed by atoms with Crippen LogP contribution in [0.2, 0.25) is 0 Å². The van der Waals surface area contributed by atoms with E-state index in [0.29, 0.717) is 24.5 Å². The molecule has 3 rings (SSSR count). The Kier molecular flexibility index (Phi) is 12.0. The maximum Gasteiger partial charge on any atom is 0.414 e. The number of carbonyl (C=O) groups is 3. The van der Waals surface area contributed by atoms with Crippen LogP contribution in [0.25, 0.3) is 0 Å². The monoisotopic (exact) mass is 641 g/mol. The zero-order valence-corrected chi connectivity index (χ0v) is 26.8. The van der Waals surface area contributed by atoms with Crippen LogP contribution in [0.4, 0.5) is 4.79 Å². The average molecular weight is 642 g/mol. The molecule has 0 spiro atoms. The molecule has 14 nitrogen and oxygen atoms in total. The van der Waals surface area contributed by atoms with E-state index in [9.17, 15) is 22.8 Å². The summed E-state index contributed by atoms with van der Waals surface area (Å²) in [5.74, 6) is -1.02. The zero-order valence-electron chi connectivity index (χ0n) is 25.1. The fraction of sp³-hybridized carbons (Fsp3) is 0.556. The zero-order chi connectivity index (χ0) is 31.8. The molecule has 1 aromatic heterocycles. The number of aryl methyl sites for hydroxylation is 1. The second-order valence-corrected chi connectivity index (χ2v) is 13.9. The molecule has 1 aliphatic heterocycles. The van der Waals surface area contributed by atoms with Gasteiger partial charge in [-0.25, -0.2) is 18.0 Å². The number of hydrogen-bond donors (Lipinski definition) is 1. The van der Waals surface area contributed by atoms with Crippen LogP contribution in [0, 0.1) is 0 Å². The highest BCUT2D eigenvalue weighted by molar-refractivity contribution is 8.02. The first-order valence-corrected chi connectivity index (χ1v) is 15.9. The van der Waals surface area contributed by atoms with Gasteiger partial charge in [0.05, 0.1) is 25.7 Å². The molecule has 0 aliphatic carbocycles. The minimum absolute atomic E-state index is 0.0320. The van der Waals surface area contributed by atoms with Crippen molar-refractivity contribution in [3.63, 3.8) is 0 Å². The summed E-state index contributed by atoms with van der Waals surface area (Å²) >= 11 is 1.31. The van der Waals surface area contributed by atoms with Gasteiger partial charge in [0.15, 0.2) is 5.03 Å². The lowest BCUT2D eigenvalue weighted by molar-refractivity contribution is -0.149. The smallest absolute Gasteiger partial charge is 0.414 e. The molecule has 1 saturated heterocycles. The Bertz CT molecular complexity index is 1360. The van der Waals surface area contributed by atoms with E-state index in [0.717, 1.165) is 4.31 Å². The summed E-state index contributed by atoms with van der Waals surface area (Å²) in [6, 6.07) is 5.55. The second kappa shape index (κ2) is 15.0. The Morgan fingerprint density at radius 1 is 1.12 bits per heavy atom. The van der Waals surface area contributed by atoms with Gasteiger partial charge >= 0.3 is 12.1 Å². The summed E-state index contributed by atoms with van der Waals surface area (Å²) in [4.78, 5) is 40.1. The first kappa shape index (κ1) is 34.3. The van der Waals surface area contributed by atoms with Crippen molar-refractivity contribution in [1.29, 1.82) is 0 Å². The number of thioether (sulfide) groups is 1. The van der Waals surface area contributed by atoms with Gasteiger partial charge in [-0.05, 0) is 37.6 Å². The molecule has 1 fully saturated rings. The van der Waals surface area contributed by atoms with Gasteiger partial charge in [0.1, 0.15) is 24.4 Å². The van der Waals surface area contributed by atoms with Crippen molar-refractivity contribution >= 4 is 39.8 Å². The van der Waals surface area contributed by atoms with Crippen LogP contribution in [-0.4, -0.2) is 116 Å². The fourth-order valence-corrected chi connectivity index (χ4v) is 7.27. The third-order valence-electron chi connectivity index (χ3n) is 6.46. The molecule has 43 heavy (non-hydrogen) atoms. The summed E-state index contributed by atoms with van der Waals surface area (Å²) in [5, 5.41) is 6.58. The Morgan fingerprint density at radius 3 is 2.40 bits per heavy atom. The molecular formula is C27H39N5O9S2. The maximum atomic E-state index is 13.8. The van der Waals surface area contributed by atoms with E-state index in [1.165, 1.54) is 33.6 Å². The standard InChI is InChI=1S/C27H39N5O9S2/c1-27(2)23(32(18-42-27)43(36,37)22-11-12-31(5)29-22)24(33)28-21(25(34)40-16-15-39-14-13-38-6)17-19-7-9-20(10-8-19)41-26(35)30(3)4/h7-12,21,23H,13-18H2,1-6H3,(H,28,33)/t21-,23+/m0/s1. The topological polar surface area (TPSA) is 159 Å². The van der Waals surface area contributed by atoms with E-state index < -0.39 is 44.8 Å². The molecule has 2 atom stereocenters. The van der Waals surface area contributed by atoms with Crippen molar-refractivity contribution in [2.45, 2.75) is 42.1 Å². The lowest BCUT2D eigenvalue weighted by Crippen LogP contribution is -2.56. The predicted octanol–water partition coefficient (Wildman–Crippen LogP) is 1.26. The van der Waals surface area contributed by atoms with E-state index in [1.54, 1.807) is 66.4 Å². The van der Waals surface area contributed by atoms with Crippen molar-refractivity contribution in [3.8, 4) is 5.75 Å². The summed E-state index contributed by atoms with van der Waals surface area (Å²) in [6.07, 6.45) is 0.995. The number of nitrogens with one attached hydrogen (secondary N) is 1. The summed E-state index contributed by atoms with van der Waals surface area (Å²) in [7, 11) is 2.15. The largest absolute Gasteiger partial charge is 0.462 e. The van der Waals surface area contributed by atoms with Crippen molar-refractivity contribution < 1.29 is 41.7 Å². The molecular weight excluding hydrogens is 602 g/mol. The number of ether oxygens (including phenoxy) is 4. The Balaban J connectivity index is 1.80. The lowest BCUT2D eigenvalue weighted by Gasteiger charge is -2.30. The van der Waals surface area contributed by atoms with Crippen LogP contribution >= 0.6 is 11.8 Å². The third kappa shape index (κ3) is 9.15. The van der Waals surface area contributed by atoms with Crippen LogP contribution in [0.15, 0.2) is 41.6 Å². The van der Waals surface area contributed by atoms with E-state index in [4.69, 9.17) is 18.9 Å². The van der Waals surface area contributed by atoms with Crippen molar-refractivity contribution in [1.82, 2.24) is 24.3 Å². The second-order valence-electron chi connectivity index (χ2n) is 10.4. The van der Waals surface area contributed by atoms with Gasteiger partial charge in [-0.15, -0.1) is 11.8 Å². The van der Waals surface area contributed by atoms with Gasteiger partial charge < -0.3 is 29.2 Å². The SMILES string of the molecule is COCCOCCOC(=O)[C@H](Cc1ccc(OC(=O)N(C)C)cc1)NC(=O)[C@H]1N(S(=O)(=O)c2ccn(C)n2)CSC1(C)C. The summed E-state index contributed by atoms with van der Waals surface area (Å²) in [6.45, 7) is 4.33. The van der Waals surface area contributed by atoms with E-state index >= 15 is 0 Å². The number of sulfonamides is 1. The highest BCUT2D eigenvalue weighted by Crippen LogP contribution is 2.42. The first-order valence-electron chi connectivity index (χ1n) is 13.4. The number of hydrogen-bond acceptors (Lipinski definition) is 11. The molecule has 16 heteroatoms.